The zero-order chi connectivity index (χ0) is 18.1. The molecule has 6 nitrogen and oxygen atoms in total. The van der Waals surface area contributed by atoms with Crippen molar-refractivity contribution in [3.8, 4) is 11.5 Å². The number of methoxy groups -OCH3 is 2. The third kappa shape index (κ3) is 5.53. The lowest BCUT2D eigenvalue weighted by Gasteiger charge is -2.11. The minimum Gasteiger partial charge on any atom is -0.496 e. The van der Waals surface area contributed by atoms with Gasteiger partial charge in [0.1, 0.15) is 17.9 Å². The molecule has 0 atom stereocenters. The van der Waals surface area contributed by atoms with Crippen LogP contribution in [0.3, 0.4) is 0 Å². The lowest BCUT2D eigenvalue weighted by Crippen LogP contribution is -2.31. The molecule has 0 unspecified atom stereocenters. The molecule has 25 heavy (non-hydrogen) atoms. The zero-order valence-electron chi connectivity index (χ0n) is 14.4. The van der Waals surface area contributed by atoms with Crippen LogP contribution in [0.2, 0.25) is 0 Å². The van der Waals surface area contributed by atoms with E-state index in [4.69, 9.17) is 9.47 Å². The van der Waals surface area contributed by atoms with Crippen LogP contribution < -0.4 is 20.1 Å². The molecular weight excluding hydrogens is 320 g/mol. The molecule has 2 aromatic carbocycles. The second-order valence-corrected chi connectivity index (χ2v) is 5.35. The Kier molecular flexibility index (Phi) is 6.83. The molecule has 0 spiro atoms. The van der Waals surface area contributed by atoms with Crippen LogP contribution in [0.1, 0.15) is 17.5 Å². The smallest absolute Gasteiger partial charge is 0.229 e. The number of ether oxygens (including phenoxy) is 2. The predicted octanol–water partition coefficient (Wildman–Crippen LogP) is 2.03. The number of amides is 2. The number of benzene rings is 2. The molecule has 6 heteroatoms. The van der Waals surface area contributed by atoms with Gasteiger partial charge in [0.05, 0.1) is 14.2 Å². The first-order valence-corrected chi connectivity index (χ1v) is 7.91. The summed E-state index contributed by atoms with van der Waals surface area (Å²) in [6.07, 6.45) is -0.232. The summed E-state index contributed by atoms with van der Waals surface area (Å²) in [5.74, 6) is 0.707. The molecule has 0 saturated heterocycles. The SMILES string of the molecule is COc1ccccc1CNC(=O)CC(=O)NCc1ccccc1OC. The first-order valence-electron chi connectivity index (χ1n) is 7.91. The number of hydrogen-bond acceptors (Lipinski definition) is 4. The highest BCUT2D eigenvalue weighted by atomic mass is 16.5. The maximum absolute atomic E-state index is 11.9. The number of hydrogen-bond donors (Lipinski definition) is 2. The number of rotatable bonds is 8. The Morgan fingerprint density at radius 3 is 1.56 bits per heavy atom. The van der Waals surface area contributed by atoms with Gasteiger partial charge in [-0.05, 0) is 12.1 Å². The number of para-hydroxylation sites is 2. The summed E-state index contributed by atoms with van der Waals surface area (Å²) in [5.41, 5.74) is 1.71. The molecule has 2 rings (SSSR count). The third-order valence-electron chi connectivity index (χ3n) is 3.66. The fourth-order valence-electron chi connectivity index (χ4n) is 2.36. The van der Waals surface area contributed by atoms with Gasteiger partial charge in [-0.2, -0.15) is 0 Å². The summed E-state index contributed by atoms with van der Waals surface area (Å²) in [5, 5.41) is 5.44. The van der Waals surface area contributed by atoms with E-state index in [9.17, 15) is 9.59 Å². The summed E-state index contributed by atoms with van der Waals surface area (Å²) < 4.78 is 10.5. The van der Waals surface area contributed by atoms with E-state index in [1.807, 2.05) is 48.5 Å². The highest BCUT2D eigenvalue weighted by Gasteiger charge is 2.11. The van der Waals surface area contributed by atoms with E-state index in [1.54, 1.807) is 14.2 Å². The molecule has 0 fully saturated rings. The highest BCUT2D eigenvalue weighted by molar-refractivity contribution is 5.96. The van der Waals surface area contributed by atoms with Crippen molar-refractivity contribution in [3.05, 3.63) is 59.7 Å². The zero-order valence-corrected chi connectivity index (χ0v) is 14.4. The molecule has 0 aromatic heterocycles. The molecule has 2 aromatic rings. The summed E-state index contributed by atoms with van der Waals surface area (Å²) in [4.78, 5) is 23.8. The van der Waals surface area contributed by atoms with Crippen LogP contribution >= 0.6 is 0 Å². The van der Waals surface area contributed by atoms with Gasteiger partial charge in [0.25, 0.3) is 0 Å². The topological polar surface area (TPSA) is 76.7 Å². The van der Waals surface area contributed by atoms with Gasteiger partial charge in [0.2, 0.25) is 11.8 Å². The third-order valence-corrected chi connectivity index (χ3v) is 3.66. The Labute approximate surface area is 147 Å². The lowest BCUT2D eigenvalue weighted by atomic mass is 10.2. The fourth-order valence-corrected chi connectivity index (χ4v) is 2.36. The van der Waals surface area contributed by atoms with Crippen LogP contribution in [0.4, 0.5) is 0 Å². The Morgan fingerprint density at radius 2 is 1.16 bits per heavy atom. The maximum Gasteiger partial charge on any atom is 0.229 e. The second-order valence-electron chi connectivity index (χ2n) is 5.35. The molecule has 132 valence electrons. The van der Waals surface area contributed by atoms with Gasteiger partial charge in [0, 0.05) is 24.2 Å². The molecule has 0 aliphatic carbocycles. The van der Waals surface area contributed by atoms with E-state index in [2.05, 4.69) is 10.6 Å². The average Bonchev–Trinajstić information content (AvgIpc) is 2.65. The second kappa shape index (κ2) is 9.32. The number of carbonyl (C=O) groups is 2. The predicted molar refractivity (Wildman–Crippen MR) is 94.3 cm³/mol. The van der Waals surface area contributed by atoms with E-state index < -0.39 is 0 Å². The Balaban J connectivity index is 1.79. The molecule has 0 aliphatic heterocycles. The van der Waals surface area contributed by atoms with Crippen LogP contribution in [0.15, 0.2) is 48.5 Å². The minimum atomic E-state index is -0.344. The highest BCUT2D eigenvalue weighted by Crippen LogP contribution is 2.17. The summed E-state index contributed by atoms with van der Waals surface area (Å²) >= 11 is 0. The van der Waals surface area contributed by atoms with Crippen LogP contribution in [-0.2, 0) is 22.7 Å². The van der Waals surface area contributed by atoms with Crippen molar-refractivity contribution >= 4 is 11.8 Å². The monoisotopic (exact) mass is 342 g/mol. The average molecular weight is 342 g/mol. The van der Waals surface area contributed by atoms with Gasteiger partial charge in [-0.25, -0.2) is 0 Å². The van der Waals surface area contributed by atoms with Gasteiger partial charge < -0.3 is 20.1 Å². The summed E-state index contributed by atoms with van der Waals surface area (Å²) in [7, 11) is 3.15. The number of nitrogens with one attached hydrogen (secondary N) is 2. The van der Waals surface area contributed by atoms with E-state index in [-0.39, 0.29) is 18.2 Å². The van der Waals surface area contributed by atoms with E-state index >= 15 is 0 Å². The molecule has 0 heterocycles. The van der Waals surface area contributed by atoms with Crippen molar-refractivity contribution in [2.45, 2.75) is 19.5 Å². The maximum atomic E-state index is 11.9. The Bertz CT molecular complexity index is 669. The molecule has 2 N–H and O–H groups in total. The van der Waals surface area contributed by atoms with Crippen molar-refractivity contribution < 1.29 is 19.1 Å². The van der Waals surface area contributed by atoms with Crippen LogP contribution in [0, 0.1) is 0 Å². The lowest BCUT2D eigenvalue weighted by molar-refractivity contribution is -0.129. The van der Waals surface area contributed by atoms with Crippen LogP contribution in [0.25, 0.3) is 0 Å². The quantitative estimate of drug-likeness (QED) is 0.720. The van der Waals surface area contributed by atoms with Crippen molar-refractivity contribution in [3.63, 3.8) is 0 Å². The van der Waals surface area contributed by atoms with Crippen molar-refractivity contribution in [2.24, 2.45) is 0 Å². The van der Waals surface area contributed by atoms with Crippen LogP contribution in [0.5, 0.6) is 11.5 Å². The first-order chi connectivity index (χ1) is 12.1. The molecule has 0 bridgehead atoms. The molecular formula is C19H22N2O4. The molecule has 0 saturated carbocycles. The molecule has 0 radical (unpaired) electrons. The van der Waals surface area contributed by atoms with Crippen molar-refractivity contribution in [2.75, 3.05) is 14.2 Å². The van der Waals surface area contributed by atoms with Crippen molar-refractivity contribution in [1.29, 1.82) is 0 Å². The molecule has 2 amide bonds. The standard InChI is InChI=1S/C19H22N2O4/c1-24-16-9-5-3-7-14(16)12-20-18(22)11-19(23)21-13-15-8-4-6-10-17(15)25-2/h3-10H,11-13H2,1-2H3,(H,20,22)(H,21,23). The largest absolute Gasteiger partial charge is 0.496 e. The normalized spacial score (nSPS) is 10.0. The van der Waals surface area contributed by atoms with E-state index in [1.165, 1.54) is 0 Å². The van der Waals surface area contributed by atoms with Gasteiger partial charge in [-0.1, -0.05) is 36.4 Å². The van der Waals surface area contributed by atoms with Gasteiger partial charge in [-0.3, -0.25) is 9.59 Å². The first kappa shape index (κ1) is 18.3. The van der Waals surface area contributed by atoms with E-state index in [0.717, 1.165) is 11.1 Å². The minimum absolute atomic E-state index is 0.232. The molecule has 0 aliphatic rings. The van der Waals surface area contributed by atoms with E-state index in [0.29, 0.717) is 24.6 Å². The summed E-state index contributed by atoms with van der Waals surface area (Å²) in [6, 6.07) is 14.8. The Morgan fingerprint density at radius 1 is 0.760 bits per heavy atom. The number of carbonyl (C=O) groups excluding carboxylic acids is 2. The fraction of sp³-hybridized carbons (Fsp3) is 0.263. The van der Waals surface area contributed by atoms with Gasteiger partial charge in [-0.15, -0.1) is 0 Å². The summed E-state index contributed by atoms with van der Waals surface area (Å²) in [6.45, 7) is 0.616. The Hall–Kier alpha value is -3.02. The van der Waals surface area contributed by atoms with Crippen LogP contribution in [-0.4, -0.2) is 26.0 Å². The van der Waals surface area contributed by atoms with Gasteiger partial charge >= 0.3 is 0 Å². The van der Waals surface area contributed by atoms with Gasteiger partial charge in [0.15, 0.2) is 0 Å². The van der Waals surface area contributed by atoms with Crippen molar-refractivity contribution in [1.82, 2.24) is 10.6 Å².